The van der Waals surface area contributed by atoms with Crippen molar-refractivity contribution in [3.8, 4) is 0 Å². The van der Waals surface area contributed by atoms with Crippen molar-refractivity contribution in [1.29, 1.82) is 0 Å². The molecule has 0 radical (unpaired) electrons. The van der Waals surface area contributed by atoms with Crippen molar-refractivity contribution >= 4 is 23.4 Å². The molecule has 38 heavy (non-hydrogen) atoms. The van der Waals surface area contributed by atoms with Crippen molar-refractivity contribution in [2.24, 2.45) is 17.8 Å². The quantitative estimate of drug-likeness (QED) is 0.404. The molecule has 5 rings (SSSR count). The van der Waals surface area contributed by atoms with Crippen LogP contribution in [-0.2, 0) is 19.1 Å². The predicted octanol–water partition coefficient (Wildman–Crippen LogP) is 3.64. The van der Waals surface area contributed by atoms with E-state index >= 15 is 0 Å². The van der Waals surface area contributed by atoms with E-state index in [1.807, 2.05) is 37.3 Å². The second-order valence-electron chi connectivity index (χ2n) is 12.1. The van der Waals surface area contributed by atoms with E-state index in [4.69, 9.17) is 9.84 Å². The number of nitrogens with zero attached hydrogens (tertiary/aromatic N) is 1. The lowest BCUT2D eigenvalue weighted by Crippen LogP contribution is -2.57. The summed E-state index contributed by atoms with van der Waals surface area (Å²) in [6.45, 7) is 4.63. The predicted molar refractivity (Wildman–Crippen MR) is 144 cm³/mol. The number of hydrogen-bond acceptors (Lipinski definition) is 5. The molecule has 3 amide bonds. The van der Waals surface area contributed by atoms with Gasteiger partial charge in [0, 0.05) is 24.9 Å². The maximum Gasteiger partial charge on any atom is 0.246 e. The van der Waals surface area contributed by atoms with Crippen LogP contribution in [0.2, 0.25) is 0 Å². The molecule has 1 aromatic rings. The number of aliphatic hydroxyl groups is 1. The van der Waals surface area contributed by atoms with Crippen LogP contribution < -0.4 is 10.6 Å². The number of benzene rings is 1. The fourth-order valence-electron chi connectivity index (χ4n) is 7.70. The third kappa shape index (κ3) is 4.64. The zero-order valence-corrected chi connectivity index (χ0v) is 22.8. The number of amides is 3. The number of anilines is 1. The van der Waals surface area contributed by atoms with Gasteiger partial charge >= 0.3 is 0 Å². The van der Waals surface area contributed by atoms with E-state index < -0.39 is 29.1 Å². The number of carbonyl (C=O) groups excluding carboxylic acids is 3. The Hall–Kier alpha value is -2.45. The summed E-state index contributed by atoms with van der Waals surface area (Å²) in [4.78, 5) is 43.7. The number of fused-ring (bicyclic) bond motifs is 1. The lowest BCUT2D eigenvalue weighted by Gasteiger charge is -2.36. The van der Waals surface area contributed by atoms with Gasteiger partial charge in [-0.15, -0.1) is 0 Å². The molecule has 3 N–H and O–H groups in total. The van der Waals surface area contributed by atoms with E-state index in [1.165, 1.54) is 6.42 Å². The molecule has 3 aliphatic heterocycles. The molecule has 6 atom stereocenters. The fraction of sp³-hybridized carbons (Fsp3) is 0.700. The summed E-state index contributed by atoms with van der Waals surface area (Å²) < 4.78 is 6.81. The molecule has 1 saturated carbocycles. The summed E-state index contributed by atoms with van der Waals surface area (Å²) in [6.07, 6.45) is 9.11. The van der Waals surface area contributed by atoms with Crippen LogP contribution in [0.3, 0.4) is 0 Å². The highest BCUT2D eigenvalue weighted by atomic mass is 16.5. The minimum Gasteiger partial charge on any atom is -0.396 e. The molecule has 4 aliphatic rings. The summed E-state index contributed by atoms with van der Waals surface area (Å²) in [5, 5.41) is 15.4. The standard InChI is InChI=1S/C30H43N3O5/c1-20-19-30-24(23(29(20,2)38-30)26(35)31-21-13-7-5-8-14-21)28(37)33(17-11-3-4-12-18-34)25(30)27(36)32-22-15-9-6-10-16-22/h5,7-8,13-14,20,22-25,34H,3-4,6,9-12,15-19H2,1-2H3,(H,31,35)(H,32,36)/t20?,23-,24+,25?,29+,30?/m1/s1. The summed E-state index contributed by atoms with van der Waals surface area (Å²) in [5.41, 5.74) is -1.15. The number of para-hydroxylation sites is 1. The van der Waals surface area contributed by atoms with Gasteiger partial charge < -0.3 is 25.4 Å². The monoisotopic (exact) mass is 525 g/mol. The highest BCUT2D eigenvalue weighted by molar-refractivity contribution is 6.02. The Labute approximate surface area is 225 Å². The number of unbranched alkanes of at least 4 members (excludes halogenated alkanes) is 3. The van der Waals surface area contributed by atoms with Gasteiger partial charge in [0.25, 0.3) is 0 Å². The van der Waals surface area contributed by atoms with Crippen LogP contribution in [0.25, 0.3) is 0 Å². The van der Waals surface area contributed by atoms with Gasteiger partial charge in [-0.25, -0.2) is 0 Å². The van der Waals surface area contributed by atoms with Gasteiger partial charge in [-0.1, -0.05) is 57.2 Å². The van der Waals surface area contributed by atoms with Crippen molar-refractivity contribution in [1.82, 2.24) is 10.2 Å². The van der Waals surface area contributed by atoms with Crippen LogP contribution in [0.4, 0.5) is 5.69 Å². The first-order valence-corrected chi connectivity index (χ1v) is 14.6. The average molecular weight is 526 g/mol. The zero-order chi connectivity index (χ0) is 26.9. The number of carbonyl (C=O) groups is 3. The number of rotatable bonds is 10. The second kappa shape index (κ2) is 11.0. The van der Waals surface area contributed by atoms with Crippen LogP contribution in [0.5, 0.6) is 0 Å². The van der Waals surface area contributed by atoms with E-state index in [9.17, 15) is 14.4 Å². The van der Waals surface area contributed by atoms with Gasteiger partial charge in [0.05, 0.1) is 17.4 Å². The number of aliphatic hydroxyl groups excluding tert-OH is 1. The van der Waals surface area contributed by atoms with Crippen LogP contribution in [0.15, 0.2) is 30.3 Å². The Morgan fingerprint density at radius 1 is 1.05 bits per heavy atom. The first-order valence-electron chi connectivity index (χ1n) is 14.6. The van der Waals surface area contributed by atoms with Crippen molar-refractivity contribution in [2.75, 3.05) is 18.5 Å². The van der Waals surface area contributed by atoms with Gasteiger partial charge in [-0.2, -0.15) is 0 Å². The number of nitrogens with one attached hydrogen (secondary N) is 2. The Morgan fingerprint density at radius 2 is 1.76 bits per heavy atom. The second-order valence-corrected chi connectivity index (χ2v) is 12.1. The summed E-state index contributed by atoms with van der Waals surface area (Å²) >= 11 is 0. The lowest BCUT2D eigenvalue weighted by molar-refractivity contribution is -0.146. The molecular weight excluding hydrogens is 482 g/mol. The molecule has 2 bridgehead atoms. The molecule has 1 spiro atoms. The molecule has 3 saturated heterocycles. The largest absolute Gasteiger partial charge is 0.396 e. The molecule has 4 fully saturated rings. The Morgan fingerprint density at radius 3 is 2.47 bits per heavy atom. The molecule has 1 aliphatic carbocycles. The summed E-state index contributed by atoms with van der Waals surface area (Å²) in [7, 11) is 0. The summed E-state index contributed by atoms with van der Waals surface area (Å²) in [5.74, 6) is -1.84. The first kappa shape index (κ1) is 27.1. The topological polar surface area (TPSA) is 108 Å². The number of ether oxygens (including phenoxy) is 1. The Bertz CT molecular complexity index is 1030. The van der Waals surface area contributed by atoms with Crippen LogP contribution in [0.1, 0.15) is 78.1 Å². The highest BCUT2D eigenvalue weighted by Gasteiger charge is 2.79. The van der Waals surface area contributed by atoms with Crippen molar-refractivity contribution in [3.05, 3.63) is 30.3 Å². The fourth-order valence-corrected chi connectivity index (χ4v) is 7.70. The Kier molecular flexibility index (Phi) is 7.83. The molecule has 0 aromatic heterocycles. The van der Waals surface area contributed by atoms with Gasteiger partial charge in [0.15, 0.2) is 0 Å². The van der Waals surface area contributed by atoms with Gasteiger partial charge in [-0.3, -0.25) is 14.4 Å². The minimum atomic E-state index is -1.01. The molecule has 1 aromatic carbocycles. The number of likely N-dealkylation sites (tertiary alicyclic amines) is 1. The third-order valence-corrected chi connectivity index (χ3v) is 9.65. The zero-order valence-electron chi connectivity index (χ0n) is 22.8. The molecule has 3 heterocycles. The van der Waals surface area contributed by atoms with E-state index in [1.54, 1.807) is 4.90 Å². The van der Waals surface area contributed by atoms with Gasteiger partial charge in [-0.05, 0) is 57.1 Å². The van der Waals surface area contributed by atoms with Crippen molar-refractivity contribution < 1.29 is 24.2 Å². The van der Waals surface area contributed by atoms with E-state index in [2.05, 4.69) is 17.6 Å². The van der Waals surface area contributed by atoms with E-state index in [0.717, 1.165) is 51.4 Å². The molecular formula is C30H43N3O5. The highest BCUT2D eigenvalue weighted by Crippen LogP contribution is 2.65. The average Bonchev–Trinajstić information content (AvgIpc) is 3.41. The molecule has 3 unspecified atom stereocenters. The SMILES string of the molecule is CC1CC23O[C@]1(C)[C@@H](C(=O)Nc1ccccc1)[C@H]2C(=O)N(CCCCCCO)C3C(=O)NC1CCCCC1. The normalized spacial score (nSPS) is 34.4. The summed E-state index contributed by atoms with van der Waals surface area (Å²) in [6, 6.07) is 8.68. The Balaban J connectivity index is 1.44. The van der Waals surface area contributed by atoms with Crippen LogP contribution in [-0.4, -0.2) is 64.2 Å². The van der Waals surface area contributed by atoms with Gasteiger partial charge in [0.2, 0.25) is 17.7 Å². The third-order valence-electron chi connectivity index (χ3n) is 9.65. The van der Waals surface area contributed by atoms with E-state index in [0.29, 0.717) is 18.7 Å². The van der Waals surface area contributed by atoms with Crippen molar-refractivity contribution in [2.45, 2.75) is 101 Å². The number of hydrogen-bond donors (Lipinski definition) is 3. The molecule has 208 valence electrons. The molecule has 8 nitrogen and oxygen atoms in total. The smallest absolute Gasteiger partial charge is 0.246 e. The van der Waals surface area contributed by atoms with Gasteiger partial charge in [0.1, 0.15) is 11.6 Å². The lowest BCUT2D eigenvalue weighted by atomic mass is 9.62. The minimum absolute atomic E-state index is 0.0209. The van der Waals surface area contributed by atoms with Crippen molar-refractivity contribution in [3.63, 3.8) is 0 Å². The maximum atomic E-state index is 14.2. The van der Waals surface area contributed by atoms with Crippen LogP contribution in [0, 0.1) is 17.8 Å². The molecule has 8 heteroatoms. The van der Waals surface area contributed by atoms with Crippen LogP contribution >= 0.6 is 0 Å². The maximum absolute atomic E-state index is 14.2. The first-order chi connectivity index (χ1) is 18.3. The van der Waals surface area contributed by atoms with E-state index in [-0.39, 0.29) is 36.3 Å².